The Morgan fingerprint density at radius 2 is 1.90 bits per heavy atom. The predicted octanol–water partition coefficient (Wildman–Crippen LogP) is 2.57. The van der Waals surface area contributed by atoms with Crippen molar-refractivity contribution >= 4 is 23.3 Å². The normalized spacial score (nSPS) is 17.0. The average molecular weight is 409 g/mol. The predicted molar refractivity (Wildman–Crippen MR) is 113 cm³/mol. The number of nitrogens with zero attached hydrogens (tertiary/aromatic N) is 5. The van der Waals surface area contributed by atoms with Gasteiger partial charge < -0.3 is 20.4 Å². The molecule has 0 spiro atoms. The number of piperazine rings is 1. The Morgan fingerprint density at radius 1 is 1.10 bits per heavy atom. The summed E-state index contributed by atoms with van der Waals surface area (Å²) in [6, 6.07) is 6.19. The molecule has 0 radical (unpaired) electrons. The number of benzene rings is 1. The molecule has 2 aromatic heterocycles. The summed E-state index contributed by atoms with van der Waals surface area (Å²) in [5, 5.41) is 6.20. The van der Waals surface area contributed by atoms with Gasteiger partial charge in [0.2, 0.25) is 5.78 Å². The SMILES string of the molecule is O=C(Nc1ccc(F)c(-c2ccn3c(N4CCNCC4)cnc3n2)c1)N1CCCC1. The summed E-state index contributed by atoms with van der Waals surface area (Å²) < 4.78 is 16.5. The monoisotopic (exact) mass is 409 g/mol. The van der Waals surface area contributed by atoms with Crippen LogP contribution in [0.15, 0.2) is 36.7 Å². The summed E-state index contributed by atoms with van der Waals surface area (Å²) in [6.45, 7) is 5.19. The highest BCUT2D eigenvalue weighted by atomic mass is 19.1. The van der Waals surface area contributed by atoms with Gasteiger partial charge in [-0.3, -0.25) is 4.40 Å². The number of rotatable bonds is 3. The van der Waals surface area contributed by atoms with E-state index in [2.05, 4.69) is 25.5 Å². The van der Waals surface area contributed by atoms with Gasteiger partial charge in [-0.25, -0.2) is 19.2 Å². The smallest absolute Gasteiger partial charge is 0.321 e. The zero-order valence-electron chi connectivity index (χ0n) is 16.6. The minimum Gasteiger partial charge on any atom is -0.354 e. The molecule has 30 heavy (non-hydrogen) atoms. The molecule has 0 atom stereocenters. The van der Waals surface area contributed by atoms with Crippen LogP contribution in [0.2, 0.25) is 0 Å². The van der Waals surface area contributed by atoms with Crippen molar-refractivity contribution in [3.63, 3.8) is 0 Å². The van der Waals surface area contributed by atoms with Crippen molar-refractivity contribution in [2.75, 3.05) is 49.5 Å². The van der Waals surface area contributed by atoms with E-state index in [9.17, 15) is 9.18 Å². The van der Waals surface area contributed by atoms with Gasteiger partial charge in [0, 0.05) is 56.7 Å². The Balaban J connectivity index is 1.42. The van der Waals surface area contributed by atoms with E-state index in [0.29, 0.717) is 22.7 Å². The molecule has 0 bridgehead atoms. The molecule has 5 rings (SSSR count). The lowest BCUT2D eigenvalue weighted by atomic mass is 10.1. The largest absolute Gasteiger partial charge is 0.354 e. The van der Waals surface area contributed by atoms with Crippen LogP contribution in [-0.4, -0.2) is 64.6 Å². The molecule has 1 aromatic carbocycles. The lowest BCUT2D eigenvalue weighted by Gasteiger charge is -2.28. The quantitative estimate of drug-likeness (QED) is 0.695. The van der Waals surface area contributed by atoms with Gasteiger partial charge in [-0.2, -0.15) is 0 Å². The molecule has 4 heterocycles. The first-order chi connectivity index (χ1) is 14.7. The maximum absolute atomic E-state index is 14.6. The molecule has 2 saturated heterocycles. The Morgan fingerprint density at radius 3 is 2.70 bits per heavy atom. The molecular weight excluding hydrogens is 385 g/mol. The summed E-state index contributed by atoms with van der Waals surface area (Å²) >= 11 is 0. The lowest BCUT2D eigenvalue weighted by molar-refractivity contribution is 0.222. The maximum atomic E-state index is 14.6. The zero-order valence-corrected chi connectivity index (χ0v) is 16.6. The number of halogens is 1. The summed E-state index contributed by atoms with van der Waals surface area (Å²) in [5.41, 5.74) is 1.37. The van der Waals surface area contributed by atoms with Crippen LogP contribution >= 0.6 is 0 Å². The molecule has 156 valence electrons. The molecule has 2 aliphatic rings. The number of urea groups is 1. The number of hydrogen-bond acceptors (Lipinski definition) is 5. The van der Waals surface area contributed by atoms with E-state index in [-0.39, 0.29) is 11.8 Å². The topological polar surface area (TPSA) is 77.8 Å². The van der Waals surface area contributed by atoms with E-state index in [1.807, 2.05) is 10.6 Å². The van der Waals surface area contributed by atoms with Gasteiger partial charge in [0.1, 0.15) is 11.6 Å². The number of amides is 2. The van der Waals surface area contributed by atoms with Crippen LogP contribution in [0.3, 0.4) is 0 Å². The van der Waals surface area contributed by atoms with E-state index < -0.39 is 0 Å². The van der Waals surface area contributed by atoms with Crippen molar-refractivity contribution in [3.8, 4) is 11.3 Å². The first-order valence-electron chi connectivity index (χ1n) is 10.3. The van der Waals surface area contributed by atoms with Gasteiger partial charge >= 0.3 is 6.03 Å². The summed E-state index contributed by atoms with van der Waals surface area (Å²) in [4.78, 5) is 25.4. The number of carbonyl (C=O) groups excluding carboxylic acids is 1. The number of imidazole rings is 1. The van der Waals surface area contributed by atoms with Crippen LogP contribution in [0.25, 0.3) is 17.0 Å². The van der Waals surface area contributed by atoms with E-state index >= 15 is 0 Å². The molecule has 8 nitrogen and oxygen atoms in total. The molecule has 2 fully saturated rings. The second-order valence-corrected chi connectivity index (χ2v) is 7.66. The van der Waals surface area contributed by atoms with Crippen molar-refractivity contribution in [2.24, 2.45) is 0 Å². The molecular formula is C21H24FN7O. The fourth-order valence-electron chi connectivity index (χ4n) is 4.06. The molecule has 9 heteroatoms. The second-order valence-electron chi connectivity index (χ2n) is 7.66. The Bertz CT molecular complexity index is 1070. The number of aromatic nitrogens is 3. The third-order valence-corrected chi connectivity index (χ3v) is 5.69. The summed E-state index contributed by atoms with van der Waals surface area (Å²) in [6.07, 6.45) is 5.72. The average Bonchev–Trinajstić information content (AvgIpc) is 3.45. The standard InChI is InChI=1S/C21H24FN7O/c22-17-4-3-15(25-21(30)28-8-1-2-9-28)13-16(17)18-5-10-29-19(14-24-20(29)26-18)27-11-6-23-7-12-27/h3-5,10,13-14,23H,1-2,6-9,11-12H2,(H,25,30). The lowest BCUT2D eigenvalue weighted by Crippen LogP contribution is -2.44. The number of anilines is 2. The van der Waals surface area contributed by atoms with Gasteiger partial charge in [-0.1, -0.05) is 0 Å². The van der Waals surface area contributed by atoms with Crippen LogP contribution in [-0.2, 0) is 0 Å². The van der Waals surface area contributed by atoms with Crippen LogP contribution in [0.1, 0.15) is 12.8 Å². The second kappa shape index (κ2) is 7.91. The maximum Gasteiger partial charge on any atom is 0.321 e. The highest BCUT2D eigenvalue weighted by molar-refractivity contribution is 5.90. The molecule has 2 amide bonds. The number of hydrogen-bond donors (Lipinski definition) is 2. The highest BCUT2D eigenvalue weighted by Gasteiger charge is 2.19. The molecule has 2 N–H and O–H groups in total. The van der Waals surface area contributed by atoms with E-state index in [4.69, 9.17) is 0 Å². The first-order valence-corrected chi connectivity index (χ1v) is 10.3. The number of fused-ring (bicyclic) bond motifs is 1. The Kier molecular flexibility index (Phi) is 4.96. The molecule has 3 aromatic rings. The van der Waals surface area contributed by atoms with Gasteiger partial charge in [0.15, 0.2) is 0 Å². The molecule has 0 saturated carbocycles. The number of carbonyl (C=O) groups is 1. The summed E-state index contributed by atoms with van der Waals surface area (Å²) in [5.74, 6) is 1.12. The van der Waals surface area contributed by atoms with Crippen molar-refractivity contribution in [2.45, 2.75) is 12.8 Å². The van der Waals surface area contributed by atoms with Crippen LogP contribution in [0.4, 0.5) is 20.7 Å². The van der Waals surface area contributed by atoms with E-state index in [0.717, 1.165) is 57.9 Å². The minimum absolute atomic E-state index is 0.151. The van der Waals surface area contributed by atoms with E-state index in [1.54, 1.807) is 29.3 Å². The third-order valence-electron chi connectivity index (χ3n) is 5.69. The first kappa shape index (κ1) is 18.8. The fourth-order valence-corrected chi connectivity index (χ4v) is 4.06. The zero-order chi connectivity index (χ0) is 20.5. The fraction of sp³-hybridized carbons (Fsp3) is 0.381. The Hall–Kier alpha value is -3.20. The van der Waals surface area contributed by atoms with Gasteiger partial charge in [-0.15, -0.1) is 0 Å². The van der Waals surface area contributed by atoms with Gasteiger partial charge in [0.05, 0.1) is 11.9 Å². The highest BCUT2D eigenvalue weighted by Crippen LogP contribution is 2.26. The summed E-state index contributed by atoms with van der Waals surface area (Å²) in [7, 11) is 0. The number of likely N-dealkylation sites (tertiary alicyclic amines) is 1. The van der Waals surface area contributed by atoms with Crippen molar-refractivity contribution in [1.29, 1.82) is 0 Å². The van der Waals surface area contributed by atoms with Crippen molar-refractivity contribution in [3.05, 3.63) is 42.5 Å². The van der Waals surface area contributed by atoms with Gasteiger partial charge in [0.25, 0.3) is 0 Å². The van der Waals surface area contributed by atoms with Crippen LogP contribution in [0.5, 0.6) is 0 Å². The van der Waals surface area contributed by atoms with Gasteiger partial charge in [-0.05, 0) is 37.1 Å². The Labute approximate surface area is 173 Å². The van der Waals surface area contributed by atoms with Crippen molar-refractivity contribution < 1.29 is 9.18 Å². The third kappa shape index (κ3) is 3.56. The molecule has 0 unspecified atom stereocenters. The van der Waals surface area contributed by atoms with Crippen LogP contribution in [0, 0.1) is 5.82 Å². The minimum atomic E-state index is -0.389. The number of nitrogens with one attached hydrogen (secondary N) is 2. The van der Waals surface area contributed by atoms with Crippen LogP contribution < -0.4 is 15.5 Å². The molecule has 2 aliphatic heterocycles. The molecule has 0 aliphatic carbocycles. The van der Waals surface area contributed by atoms with E-state index in [1.165, 1.54) is 6.07 Å². The van der Waals surface area contributed by atoms with Crippen molar-refractivity contribution in [1.82, 2.24) is 24.6 Å².